The molecule has 3 saturated heterocycles. The summed E-state index contributed by atoms with van der Waals surface area (Å²) in [5, 5.41) is 8.56. The lowest BCUT2D eigenvalue weighted by molar-refractivity contribution is -0.176. The quantitative estimate of drug-likeness (QED) is 0.0835. The van der Waals surface area contributed by atoms with E-state index in [4.69, 9.17) is 18.9 Å². The Morgan fingerprint density at radius 2 is 0.681 bits per heavy atom. The maximum Gasteiger partial charge on any atom is 0.329 e. The standard InChI is InChI=1S/C66H94N10O16S2/c1-41(2)29-53-63(81)89-45(9)59(77)69(11)56(32-44(7)8)66(84)92-58(34-48-19-23-50(24-20-48)38-74-40-52(36-68-74)94(87,88)76-27-16-28-76)62(80)72(14)54(30-42(3)4)64(82)90-46(10)60(78)70(12)55(31-43(5)6)65(83)91-57(61(79)71(53)13)33-47-17-21-49(22-18-47)37-73-39-51(35-67-73)93(85,86)75-25-15-26-75/h17-24,35-36,39-46,53-58H,15-16,25-34,37-38H2,1-14H3/t45-,46-,53+,54+,55+,56+,57-,58-/m1/s1. The number of carbonyl (C=O) groups is 8. The summed E-state index contributed by atoms with van der Waals surface area (Å²) in [5.74, 6) is -8.16. The van der Waals surface area contributed by atoms with Crippen molar-refractivity contribution in [3.63, 3.8) is 0 Å². The van der Waals surface area contributed by atoms with Gasteiger partial charge < -0.3 is 38.5 Å². The predicted molar refractivity (Wildman–Crippen MR) is 345 cm³/mol. The molecule has 4 amide bonds. The van der Waals surface area contributed by atoms with E-state index in [1.165, 1.54) is 84.8 Å². The molecule has 28 heteroatoms. The zero-order valence-corrected chi connectivity index (χ0v) is 58.2. The Morgan fingerprint density at radius 3 is 0.947 bits per heavy atom. The number of likely N-dealkylation sites (N-methyl/N-ethyl adjacent to an activating group) is 4. The van der Waals surface area contributed by atoms with Gasteiger partial charge in [0.05, 0.1) is 25.5 Å². The fourth-order valence-electron chi connectivity index (χ4n) is 11.3. The van der Waals surface area contributed by atoms with Crippen LogP contribution in [0.4, 0.5) is 0 Å². The highest BCUT2D eigenvalue weighted by atomic mass is 32.2. The summed E-state index contributed by atoms with van der Waals surface area (Å²) in [7, 11) is -1.95. The van der Waals surface area contributed by atoms with Gasteiger partial charge in [-0.1, -0.05) is 104 Å². The summed E-state index contributed by atoms with van der Waals surface area (Å²) in [6.07, 6.45) is 0.354. The maximum atomic E-state index is 15.1. The van der Waals surface area contributed by atoms with Crippen molar-refractivity contribution in [3.8, 4) is 0 Å². The van der Waals surface area contributed by atoms with Crippen molar-refractivity contribution in [2.75, 3.05) is 54.4 Å². The molecular weight excluding hydrogens is 1250 g/mol. The van der Waals surface area contributed by atoms with Gasteiger partial charge in [0.15, 0.2) is 24.4 Å². The summed E-state index contributed by atoms with van der Waals surface area (Å²) >= 11 is 0. The van der Waals surface area contributed by atoms with Crippen LogP contribution in [0, 0.1) is 23.7 Å². The molecule has 2 aromatic carbocycles. The number of nitrogens with zero attached hydrogens (tertiary/aromatic N) is 10. The largest absolute Gasteiger partial charge is 0.451 e. The van der Waals surface area contributed by atoms with Crippen LogP contribution in [0.25, 0.3) is 0 Å². The molecule has 0 spiro atoms. The van der Waals surface area contributed by atoms with E-state index in [9.17, 15) is 45.6 Å². The molecule has 94 heavy (non-hydrogen) atoms. The first-order valence-electron chi connectivity index (χ1n) is 32.3. The molecule has 3 aliphatic rings. The zero-order chi connectivity index (χ0) is 69.3. The third-order valence-electron chi connectivity index (χ3n) is 17.2. The van der Waals surface area contributed by atoms with Gasteiger partial charge in [-0.2, -0.15) is 18.8 Å². The SMILES string of the molecule is CC(C)C[C@H]1C(=O)O[C@H](Cc2ccc(Cn3cc(S(=O)(=O)N4CCC4)cn3)cc2)C(=O)N(C)[C@@H](CC(C)C)C(=O)O[C@H](C)C(=O)N(C)[C@@H](CC(C)C)C(=O)O[C@H](Cc2ccc(Cn3cc(S(=O)(=O)N4CCC4)cn3)cc2)C(=O)N(C)[C@@H](CC(C)C)C(=O)O[C@H](C)C(=O)N1C. The number of ether oxygens (including phenoxy) is 4. The van der Waals surface area contributed by atoms with Crippen LogP contribution in [0.2, 0.25) is 0 Å². The van der Waals surface area contributed by atoms with Crippen LogP contribution in [-0.4, -0.2) is 215 Å². The molecule has 516 valence electrons. The molecule has 4 aromatic rings. The molecule has 0 radical (unpaired) electrons. The van der Waals surface area contributed by atoms with Crippen LogP contribution in [-0.2, 0) is 103 Å². The van der Waals surface area contributed by atoms with Crippen LogP contribution < -0.4 is 0 Å². The van der Waals surface area contributed by atoms with Crippen LogP contribution in [0.1, 0.15) is 130 Å². The van der Waals surface area contributed by atoms with E-state index >= 15 is 9.59 Å². The minimum Gasteiger partial charge on any atom is -0.451 e. The van der Waals surface area contributed by atoms with Gasteiger partial charge in [0.2, 0.25) is 20.0 Å². The lowest BCUT2D eigenvalue weighted by Crippen LogP contribution is -2.55. The van der Waals surface area contributed by atoms with Crippen molar-refractivity contribution < 1.29 is 74.1 Å². The average Bonchev–Trinajstić information content (AvgIpc) is 1.55. The van der Waals surface area contributed by atoms with Crippen molar-refractivity contribution >= 4 is 67.6 Å². The highest BCUT2D eigenvalue weighted by Crippen LogP contribution is 2.27. The van der Waals surface area contributed by atoms with Crippen LogP contribution in [0.3, 0.4) is 0 Å². The second kappa shape index (κ2) is 31.8. The highest BCUT2D eigenvalue weighted by Gasteiger charge is 2.43. The number of benzene rings is 2. The van der Waals surface area contributed by atoms with Gasteiger partial charge in [-0.25, -0.2) is 36.0 Å². The number of rotatable bonds is 20. The second-order valence-electron chi connectivity index (χ2n) is 26.7. The third-order valence-corrected chi connectivity index (χ3v) is 20.9. The summed E-state index contributed by atoms with van der Waals surface area (Å²) in [4.78, 5) is 123. The molecule has 5 heterocycles. The first-order chi connectivity index (χ1) is 44.2. The van der Waals surface area contributed by atoms with Gasteiger partial charge in [0.1, 0.15) is 34.0 Å². The Kier molecular flexibility index (Phi) is 25.0. The number of amides is 4. The molecule has 0 N–H and O–H groups in total. The average molecular weight is 1350 g/mol. The maximum absolute atomic E-state index is 15.1. The van der Waals surface area contributed by atoms with Crippen LogP contribution >= 0.6 is 0 Å². The first kappa shape index (κ1) is 73.8. The van der Waals surface area contributed by atoms with Gasteiger partial charge in [0, 0.05) is 79.6 Å². The lowest BCUT2D eigenvalue weighted by atomic mass is 9.99. The molecule has 3 aliphatic heterocycles. The van der Waals surface area contributed by atoms with E-state index < -0.39 is 116 Å². The summed E-state index contributed by atoms with van der Waals surface area (Å²) in [6, 6.07) is 8.40. The Balaban J connectivity index is 1.22. The topological polar surface area (TPSA) is 297 Å². The van der Waals surface area contributed by atoms with Gasteiger partial charge >= 0.3 is 23.9 Å². The summed E-state index contributed by atoms with van der Waals surface area (Å²) < 4.78 is 82.2. The van der Waals surface area contributed by atoms with Crippen LogP contribution in [0.15, 0.2) is 83.1 Å². The number of sulfonamides is 2. The number of aromatic nitrogens is 4. The monoisotopic (exact) mass is 1350 g/mol. The van der Waals surface area contributed by atoms with Crippen molar-refractivity contribution in [1.29, 1.82) is 0 Å². The lowest BCUT2D eigenvalue weighted by Gasteiger charge is -2.35. The number of cyclic esters (lactones) is 4. The number of esters is 4. The molecule has 8 atom stereocenters. The van der Waals surface area contributed by atoms with E-state index in [-0.39, 0.29) is 85.1 Å². The normalized spacial score (nSPS) is 23.8. The minimum atomic E-state index is -3.67. The number of hydrogen-bond acceptors (Lipinski definition) is 18. The minimum absolute atomic E-state index is 0.0228. The Morgan fingerprint density at radius 1 is 0.415 bits per heavy atom. The smallest absolute Gasteiger partial charge is 0.329 e. The Labute approximate surface area is 552 Å². The second-order valence-corrected chi connectivity index (χ2v) is 30.6. The van der Waals surface area contributed by atoms with Gasteiger partial charge in [-0.05, 0) is 98.3 Å². The van der Waals surface area contributed by atoms with E-state index in [0.717, 1.165) is 43.6 Å². The molecular formula is C66H94N10O16S2. The van der Waals surface area contributed by atoms with Gasteiger partial charge in [-0.15, -0.1) is 0 Å². The fraction of sp³-hybridized carbons (Fsp3) is 0.606. The van der Waals surface area contributed by atoms with Crippen molar-refractivity contribution in [2.45, 2.75) is 192 Å². The van der Waals surface area contributed by atoms with E-state index in [0.29, 0.717) is 37.3 Å². The van der Waals surface area contributed by atoms with E-state index in [2.05, 4.69) is 10.2 Å². The number of carbonyl (C=O) groups excluding carboxylic acids is 8. The van der Waals surface area contributed by atoms with Gasteiger partial charge in [-0.3, -0.25) is 28.5 Å². The fourth-order valence-corrected chi connectivity index (χ4v) is 14.3. The Bertz CT molecular complexity index is 3320. The number of hydrogen-bond donors (Lipinski definition) is 0. The van der Waals surface area contributed by atoms with Crippen molar-refractivity contribution in [1.82, 2.24) is 47.8 Å². The van der Waals surface area contributed by atoms with Crippen LogP contribution in [0.5, 0.6) is 0 Å². The molecule has 0 bridgehead atoms. The summed E-state index contributed by atoms with van der Waals surface area (Å²) in [5.41, 5.74) is 2.47. The molecule has 2 aromatic heterocycles. The first-order valence-corrected chi connectivity index (χ1v) is 35.1. The van der Waals surface area contributed by atoms with Gasteiger partial charge in [0.25, 0.3) is 23.6 Å². The Hall–Kier alpha value is -7.56. The molecule has 7 rings (SSSR count). The molecule has 3 fully saturated rings. The van der Waals surface area contributed by atoms with E-state index in [1.807, 2.05) is 55.4 Å². The van der Waals surface area contributed by atoms with Crippen molar-refractivity contribution in [3.05, 3.63) is 95.6 Å². The molecule has 0 unspecified atom stereocenters. The van der Waals surface area contributed by atoms with E-state index in [1.54, 1.807) is 48.5 Å². The predicted octanol–water partition coefficient (Wildman–Crippen LogP) is 4.94. The third kappa shape index (κ3) is 18.5. The molecule has 0 saturated carbocycles. The van der Waals surface area contributed by atoms with Crippen molar-refractivity contribution in [2.24, 2.45) is 23.7 Å². The summed E-state index contributed by atoms with van der Waals surface area (Å²) in [6.45, 7) is 19.3. The highest BCUT2D eigenvalue weighted by molar-refractivity contribution is 7.89. The molecule has 26 nitrogen and oxygen atoms in total. The molecule has 0 aliphatic carbocycles. The zero-order valence-electron chi connectivity index (χ0n) is 56.6.